The monoisotopic (exact) mass is 394 g/mol. The van der Waals surface area contributed by atoms with Crippen molar-refractivity contribution in [3.8, 4) is 22.7 Å². The van der Waals surface area contributed by atoms with E-state index in [0.717, 1.165) is 23.0 Å². The van der Waals surface area contributed by atoms with Crippen LogP contribution in [-0.2, 0) is 6.54 Å². The van der Waals surface area contributed by atoms with Crippen molar-refractivity contribution in [3.63, 3.8) is 0 Å². The van der Waals surface area contributed by atoms with Gasteiger partial charge < -0.3 is 8.98 Å². The molecule has 2 aromatic heterocycles. The number of nitrogens with zero attached hydrogens (tertiary/aromatic N) is 4. The van der Waals surface area contributed by atoms with Crippen molar-refractivity contribution in [2.75, 3.05) is 0 Å². The van der Waals surface area contributed by atoms with Gasteiger partial charge in [0.05, 0.1) is 17.1 Å². The number of benzene rings is 2. The largest absolute Gasteiger partial charge is 0.419 e. The average Bonchev–Trinajstić information content (AvgIpc) is 3.36. The Hall–Kier alpha value is -2.93. The predicted octanol–water partition coefficient (Wildman–Crippen LogP) is 5.61. The Labute approximate surface area is 166 Å². The van der Waals surface area contributed by atoms with E-state index < -0.39 is 0 Å². The maximum atomic E-state index is 13.1. The molecule has 0 fully saturated rings. The summed E-state index contributed by atoms with van der Waals surface area (Å²) >= 11 is 1.57. The van der Waals surface area contributed by atoms with Gasteiger partial charge in [0.2, 0.25) is 11.8 Å². The molecule has 0 unspecified atom stereocenters. The number of hydrogen-bond donors (Lipinski definition) is 0. The highest BCUT2D eigenvalue weighted by Crippen LogP contribution is 2.36. The lowest BCUT2D eigenvalue weighted by Gasteiger charge is -2.11. The fraction of sp³-hybridized carbons (Fsp3) is 0.190. The number of hydrogen-bond acceptors (Lipinski definition) is 5. The van der Waals surface area contributed by atoms with Gasteiger partial charge in [-0.1, -0.05) is 42.1 Å². The molecule has 142 valence electrons. The van der Waals surface area contributed by atoms with E-state index in [1.807, 2.05) is 31.3 Å². The molecule has 0 saturated heterocycles. The second kappa shape index (κ2) is 7.98. The first kappa shape index (κ1) is 18.4. The maximum absolute atomic E-state index is 13.1. The van der Waals surface area contributed by atoms with Crippen molar-refractivity contribution in [2.24, 2.45) is 0 Å². The van der Waals surface area contributed by atoms with Crippen LogP contribution in [0.25, 0.3) is 22.7 Å². The molecule has 0 radical (unpaired) electrons. The highest BCUT2D eigenvalue weighted by Gasteiger charge is 2.20. The van der Waals surface area contributed by atoms with Crippen LogP contribution in [0.3, 0.4) is 0 Å². The minimum Gasteiger partial charge on any atom is -0.419 e. The quantitative estimate of drug-likeness (QED) is 0.398. The molecule has 0 aliphatic carbocycles. The zero-order chi connectivity index (χ0) is 19.5. The minimum absolute atomic E-state index is 0.0713. The van der Waals surface area contributed by atoms with Crippen LogP contribution in [0.5, 0.6) is 0 Å². The topological polar surface area (TPSA) is 56.7 Å². The Balaban J connectivity index is 1.55. The van der Waals surface area contributed by atoms with E-state index in [1.54, 1.807) is 23.9 Å². The van der Waals surface area contributed by atoms with Crippen molar-refractivity contribution < 1.29 is 8.81 Å². The fourth-order valence-corrected chi connectivity index (χ4v) is 3.89. The molecule has 0 amide bonds. The third kappa shape index (κ3) is 3.71. The van der Waals surface area contributed by atoms with E-state index in [0.29, 0.717) is 17.3 Å². The highest BCUT2D eigenvalue weighted by atomic mass is 32.2. The van der Waals surface area contributed by atoms with Gasteiger partial charge in [0.1, 0.15) is 5.82 Å². The Kier molecular flexibility index (Phi) is 5.25. The van der Waals surface area contributed by atoms with Gasteiger partial charge in [0.15, 0.2) is 5.16 Å². The molecule has 0 aliphatic rings. The number of rotatable bonds is 6. The smallest absolute Gasteiger partial charge is 0.247 e. The summed E-state index contributed by atoms with van der Waals surface area (Å²) < 4.78 is 21.1. The van der Waals surface area contributed by atoms with Gasteiger partial charge in [-0.25, -0.2) is 9.37 Å². The lowest BCUT2D eigenvalue weighted by atomic mass is 10.2. The normalized spacial score (nSPS) is 12.2. The first-order valence-corrected chi connectivity index (χ1v) is 9.90. The van der Waals surface area contributed by atoms with Gasteiger partial charge >= 0.3 is 0 Å². The van der Waals surface area contributed by atoms with Gasteiger partial charge in [0, 0.05) is 12.1 Å². The third-order valence-corrected chi connectivity index (χ3v) is 5.46. The van der Waals surface area contributed by atoms with Crippen molar-refractivity contribution in [3.05, 3.63) is 72.5 Å². The average molecular weight is 394 g/mol. The standard InChI is InChI=1S/C21H19FN4OS/c1-3-26-18(15-7-5-4-6-8-15)13-23-21(26)28-14(2)19-24-25-20(27-19)16-9-11-17(22)12-10-16/h4-14H,3H2,1-2H3/t14-/m1/s1. The van der Waals surface area contributed by atoms with Crippen molar-refractivity contribution >= 4 is 11.8 Å². The zero-order valence-corrected chi connectivity index (χ0v) is 16.4. The van der Waals surface area contributed by atoms with Gasteiger partial charge in [-0.05, 0) is 43.7 Å². The van der Waals surface area contributed by atoms with Gasteiger partial charge in [0.25, 0.3) is 0 Å². The number of aromatic nitrogens is 4. The number of thioether (sulfide) groups is 1. The lowest BCUT2D eigenvalue weighted by Crippen LogP contribution is -2.00. The van der Waals surface area contributed by atoms with Crippen molar-refractivity contribution in [2.45, 2.75) is 30.8 Å². The van der Waals surface area contributed by atoms with E-state index in [1.165, 1.54) is 12.1 Å². The molecule has 1 atom stereocenters. The predicted molar refractivity (Wildman–Crippen MR) is 107 cm³/mol. The molecule has 7 heteroatoms. The Morgan fingerprint density at radius 1 is 1.04 bits per heavy atom. The molecular formula is C21H19FN4OS. The number of imidazole rings is 1. The summed E-state index contributed by atoms with van der Waals surface area (Å²) in [6.45, 7) is 4.91. The van der Waals surface area contributed by atoms with Gasteiger partial charge in [-0.3, -0.25) is 0 Å². The molecule has 5 nitrogen and oxygen atoms in total. The van der Waals surface area contributed by atoms with E-state index in [4.69, 9.17) is 4.42 Å². The molecule has 0 spiro atoms. The van der Waals surface area contributed by atoms with Crippen LogP contribution in [0.1, 0.15) is 25.0 Å². The van der Waals surface area contributed by atoms with Crippen LogP contribution in [0.4, 0.5) is 4.39 Å². The Bertz CT molecular complexity index is 1060. The molecule has 4 aromatic rings. The third-order valence-electron chi connectivity index (χ3n) is 4.37. The SMILES string of the molecule is CCn1c(-c2ccccc2)cnc1S[C@H](C)c1nnc(-c2ccc(F)cc2)o1. The van der Waals surface area contributed by atoms with Crippen LogP contribution in [0.2, 0.25) is 0 Å². The number of halogens is 1. The summed E-state index contributed by atoms with van der Waals surface area (Å²) in [6, 6.07) is 16.2. The maximum Gasteiger partial charge on any atom is 0.247 e. The van der Waals surface area contributed by atoms with Gasteiger partial charge in [-0.2, -0.15) is 0 Å². The molecule has 2 heterocycles. The lowest BCUT2D eigenvalue weighted by molar-refractivity contribution is 0.508. The van der Waals surface area contributed by atoms with E-state index in [2.05, 4.69) is 38.8 Å². The molecule has 0 N–H and O–H groups in total. The zero-order valence-electron chi connectivity index (χ0n) is 15.5. The molecule has 2 aromatic carbocycles. The minimum atomic E-state index is -0.298. The summed E-state index contributed by atoms with van der Waals surface area (Å²) in [5.74, 6) is 0.593. The van der Waals surface area contributed by atoms with E-state index >= 15 is 0 Å². The molecule has 0 bridgehead atoms. The second-order valence-electron chi connectivity index (χ2n) is 6.25. The van der Waals surface area contributed by atoms with Crippen LogP contribution >= 0.6 is 11.8 Å². The van der Waals surface area contributed by atoms with E-state index in [-0.39, 0.29) is 11.1 Å². The van der Waals surface area contributed by atoms with Crippen LogP contribution < -0.4 is 0 Å². The first-order chi connectivity index (χ1) is 13.7. The summed E-state index contributed by atoms with van der Waals surface area (Å²) in [6.07, 6.45) is 1.89. The van der Waals surface area contributed by atoms with Crippen molar-refractivity contribution in [1.82, 2.24) is 19.7 Å². The summed E-state index contributed by atoms with van der Waals surface area (Å²) in [7, 11) is 0. The van der Waals surface area contributed by atoms with Crippen molar-refractivity contribution in [1.29, 1.82) is 0 Å². The molecule has 4 rings (SSSR count). The first-order valence-electron chi connectivity index (χ1n) is 9.02. The van der Waals surface area contributed by atoms with Crippen LogP contribution in [0.15, 0.2) is 70.4 Å². The summed E-state index contributed by atoms with van der Waals surface area (Å²) in [4.78, 5) is 4.60. The highest BCUT2D eigenvalue weighted by molar-refractivity contribution is 7.99. The fourth-order valence-electron chi connectivity index (χ4n) is 2.91. The summed E-state index contributed by atoms with van der Waals surface area (Å²) in [5.41, 5.74) is 2.90. The Morgan fingerprint density at radius 2 is 1.79 bits per heavy atom. The van der Waals surface area contributed by atoms with Gasteiger partial charge in [-0.15, -0.1) is 10.2 Å². The molecule has 0 aliphatic heterocycles. The molecule has 0 saturated carbocycles. The molecule has 28 heavy (non-hydrogen) atoms. The second-order valence-corrected chi connectivity index (χ2v) is 7.56. The molecular weight excluding hydrogens is 375 g/mol. The van der Waals surface area contributed by atoms with E-state index in [9.17, 15) is 4.39 Å². The Morgan fingerprint density at radius 3 is 2.50 bits per heavy atom. The summed E-state index contributed by atoms with van der Waals surface area (Å²) in [5, 5.41) is 9.09. The van der Waals surface area contributed by atoms with Crippen LogP contribution in [0, 0.1) is 5.82 Å². The van der Waals surface area contributed by atoms with Crippen LogP contribution in [-0.4, -0.2) is 19.7 Å².